The average molecular weight is 926 g/mol. The van der Waals surface area contributed by atoms with Crippen molar-refractivity contribution in [2.24, 2.45) is 10.8 Å². The zero-order valence-corrected chi connectivity index (χ0v) is 38.2. The second-order valence-electron chi connectivity index (χ2n) is 19.3. The number of piperidine rings is 2. The molecule has 64 heavy (non-hydrogen) atoms. The molecule has 6 saturated heterocycles. The van der Waals surface area contributed by atoms with Crippen molar-refractivity contribution in [3.05, 3.63) is 34.6 Å². The average Bonchev–Trinajstić information content (AvgIpc) is 3.78. The van der Waals surface area contributed by atoms with Gasteiger partial charge in [0.05, 0.1) is 70.1 Å². The molecule has 348 valence electrons. The van der Waals surface area contributed by atoms with Gasteiger partial charge in [0.1, 0.15) is 11.6 Å². The van der Waals surface area contributed by atoms with Crippen molar-refractivity contribution in [1.29, 1.82) is 0 Å². The number of carbonyl (C=O) groups excluding carboxylic acids is 4. The number of likely N-dealkylation sites (tertiary alicyclic amines) is 2. The van der Waals surface area contributed by atoms with Crippen molar-refractivity contribution in [2.75, 3.05) is 85.2 Å². The monoisotopic (exact) mass is 924 g/mol. The number of nitrogens with zero attached hydrogens (tertiary/aromatic N) is 8. The second-order valence-corrected chi connectivity index (χ2v) is 20.1. The smallest absolute Gasteiger partial charge is 0.414 e. The fourth-order valence-corrected chi connectivity index (χ4v) is 12.2. The van der Waals surface area contributed by atoms with E-state index in [-0.39, 0.29) is 59.1 Å². The number of aliphatic hydroxyl groups is 2. The van der Waals surface area contributed by atoms with Crippen LogP contribution in [0, 0.1) is 10.8 Å². The molecular weight excluding hydrogens is 863 g/mol. The van der Waals surface area contributed by atoms with Gasteiger partial charge in [-0.1, -0.05) is 23.2 Å². The summed E-state index contributed by atoms with van der Waals surface area (Å²) in [6.45, 7) is 6.51. The maximum absolute atomic E-state index is 13.5. The maximum atomic E-state index is 13.5. The lowest BCUT2D eigenvalue weighted by molar-refractivity contribution is -0.140. The highest BCUT2D eigenvalue weighted by atomic mass is 35.5. The van der Waals surface area contributed by atoms with Gasteiger partial charge in [-0.3, -0.25) is 19.4 Å². The Labute approximate surface area is 385 Å². The number of ether oxygens (including phenoxy) is 2. The van der Waals surface area contributed by atoms with E-state index in [9.17, 15) is 29.4 Å². The van der Waals surface area contributed by atoms with E-state index in [1.165, 1.54) is 0 Å². The van der Waals surface area contributed by atoms with Crippen LogP contribution < -0.4 is 19.6 Å². The van der Waals surface area contributed by atoms with Crippen LogP contribution in [-0.2, 0) is 19.1 Å². The first-order chi connectivity index (χ1) is 30.9. The Bertz CT molecular complexity index is 1920. The Balaban J connectivity index is 0.000000162. The zero-order chi connectivity index (χ0) is 44.6. The van der Waals surface area contributed by atoms with Gasteiger partial charge in [0.15, 0.2) is 0 Å². The highest BCUT2D eigenvalue weighted by Crippen LogP contribution is 2.46. The molecule has 2 spiro atoms. The van der Waals surface area contributed by atoms with Crippen molar-refractivity contribution in [2.45, 2.75) is 127 Å². The largest absolute Gasteiger partial charge is 0.449 e. The molecule has 0 radical (unpaired) electrons. The minimum absolute atomic E-state index is 0.217. The first-order valence-corrected chi connectivity index (χ1v) is 24.4. The van der Waals surface area contributed by atoms with Gasteiger partial charge in [0.25, 0.3) is 0 Å². The van der Waals surface area contributed by atoms with Crippen LogP contribution in [-0.4, -0.2) is 144 Å². The molecule has 2 atom stereocenters. The minimum atomic E-state index is -0.380. The number of aliphatic hydroxyl groups excluding tert-OH is 2. The molecule has 2 aromatic rings. The lowest BCUT2D eigenvalue weighted by atomic mass is 9.78. The van der Waals surface area contributed by atoms with Crippen LogP contribution in [0.25, 0.3) is 0 Å². The number of anilines is 4. The topological polar surface area (TPSA) is 172 Å². The van der Waals surface area contributed by atoms with Gasteiger partial charge < -0.3 is 39.3 Å². The predicted molar refractivity (Wildman–Crippen MR) is 242 cm³/mol. The van der Waals surface area contributed by atoms with E-state index in [1.807, 2.05) is 0 Å². The molecule has 2 N–H and O–H groups in total. The van der Waals surface area contributed by atoms with E-state index in [0.717, 1.165) is 129 Å². The van der Waals surface area contributed by atoms with Gasteiger partial charge in [0, 0.05) is 64.4 Å². The van der Waals surface area contributed by atoms with Gasteiger partial charge >= 0.3 is 12.2 Å². The summed E-state index contributed by atoms with van der Waals surface area (Å²) in [4.78, 5) is 71.9. The number of halogens is 2. The van der Waals surface area contributed by atoms with E-state index < -0.39 is 0 Å². The molecule has 2 aliphatic carbocycles. The fraction of sp³-hybridized carbons (Fsp3) is 0.696. The standard InChI is InChI=1S/2C23H31ClN4O4/c2*24-19-13-17(28-10-2-12-32-22(28)31)14-25-20(19)26-9-1-7-23(15-26)8-11-27(21(23)30)16-3-5-18(29)6-4-16/h2*13-14,16,18,29H,1-12,15H2/t2*16?,18?,23-/m11/s1. The predicted octanol–water partition coefficient (Wildman–Crippen LogP) is 6.41. The van der Waals surface area contributed by atoms with Crippen LogP contribution in [0.15, 0.2) is 24.5 Å². The number of amides is 4. The molecule has 2 aromatic heterocycles. The molecule has 8 aliphatic rings. The molecule has 10 rings (SSSR count). The lowest BCUT2D eigenvalue weighted by Crippen LogP contribution is -2.50. The van der Waals surface area contributed by atoms with Crippen LogP contribution in [0.2, 0.25) is 10.0 Å². The molecule has 0 bridgehead atoms. The van der Waals surface area contributed by atoms with E-state index in [1.54, 1.807) is 34.3 Å². The number of hydrogen-bond acceptors (Lipinski definition) is 12. The van der Waals surface area contributed by atoms with Crippen molar-refractivity contribution >= 4 is 70.2 Å². The number of cyclic esters (lactones) is 2. The summed E-state index contributed by atoms with van der Waals surface area (Å²) in [6.07, 6.45) is 15.7. The molecule has 2 saturated carbocycles. The highest BCUT2D eigenvalue weighted by molar-refractivity contribution is 6.33. The number of pyridine rings is 2. The number of aromatic nitrogens is 2. The molecular formula is C46H62Cl2N8O8. The van der Waals surface area contributed by atoms with Crippen molar-refractivity contribution < 1.29 is 38.9 Å². The summed E-state index contributed by atoms with van der Waals surface area (Å²) in [5.74, 6) is 1.86. The summed E-state index contributed by atoms with van der Waals surface area (Å²) in [5, 5.41) is 20.6. The van der Waals surface area contributed by atoms with Crippen LogP contribution in [0.5, 0.6) is 0 Å². The Morgan fingerprint density at radius 2 is 0.953 bits per heavy atom. The zero-order valence-electron chi connectivity index (χ0n) is 36.7. The molecule has 16 nitrogen and oxygen atoms in total. The Hall–Kier alpha value is -4.12. The summed E-state index contributed by atoms with van der Waals surface area (Å²) in [7, 11) is 0. The Kier molecular flexibility index (Phi) is 13.4. The molecule has 0 unspecified atom stereocenters. The second kappa shape index (κ2) is 19.0. The summed E-state index contributed by atoms with van der Waals surface area (Å²) >= 11 is 13.2. The number of rotatable bonds is 6. The third kappa shape index (κ3) is 9.05. The quantitative estimate of drug-likeness (QED) is 0.327. The van der Waals surface area contributed by atoms with Gasteiger partial charge in [-0.25, -0.2) is 19.6 Å². The van der Waals surface area contributed by atoms with Crippen molar-refractivity contribution in [3.8, 4) is 0 Å². The number of hydrogen-bond donors (Lipinski definition) is 2. The van der Waals surface area contributed by atoms with Crippen LogP contribution >= 0.6 is 23.2 Å². The molecule has 8 fully saturated rings. The fourth-order valence-electron chi connectivity index (χ4n) is 11.7. The van der Waals surface area contributed by atoms with Gasteiger partial charge in [-0.2, -0.15) is 0 Å². The van der Waals surface area contributed by atoms with Gasteiger partial charge in [-0.15, -0.1) is 0 Å². The maximum Gasteiger partial charge on any atom is 0.414 e. The van der Waals surface area contributed by atoms with E-state index in [2.05, 4.69) is 29.6 Å². The normalized spacial score (nSPS) is 31.4. The summed E-state index contributed by atoms with van der Waals surface area (Å²) < 4.78 is 10.2. The summed E-state index contributed by atoms with van der Waals surface area (Å²) in [5.41, 5.74) is 0.513. The summed E-state index contributed by atoms with van der Waals surface area (Å²) in [6, 6.07) is 4.05. The number of carbonyl (C=O) groups is 4. The van der Waals surface area contributed by atoms with Crippen molar-refractivity contribution in [3.63, 3.8) is 0 Å². The van der Waals surface area contributed by atoms with Gasteiger partial charge in [0.2, 0.25) is 11.8 Å². The molecule has 0 aromatic carbocycles. The Morgan fingerprint density at radius 3 is 1.33 bits per heavy atom. The third-order valence-electron chi connectivity index (χ3n) is 15.2. The van der Waals surface area contributed by atoms with E-state index in [0.29, 0.717) is 72.4 Å². The van der Waals surface area contributed by atoms with Gasteiger partial charge in [-0.05, 0) is 115 Å². The van der Waals surface area contributed by atoms with E-state index >= 15 is 0 Å². The lowest BCUT2D eigenvalue weighted by Gasteiger charge is -2.41. The van der Waals surface area contributed by atoms with E-state index in [4.69, 9.17) is 32.7 Å². The Morgan fingerprint density at radius 1 is 0.547 bits per heavy atom. The molecule has 8 heterocycles. The molecule has 18 heteroatoms. The SMILES string of the molecule is O=C1OCCCN1c1cnc(N2CCC[C@@]3(CCN(C4CCC(O)CC4)C3=O)C2)c(Cl)c1.O=C1OCCCN1c1cnc(N2CCC[C@@]3(CCN(C4CCC(O)CC4)C3=O)C2)c(Cl)c1. The first kappa shape index (κ1) is 45.1. The van der Waals surface area contributed by atoms with Crippen LogP contribution in [0.4, 0.5) is 32.6 Å². The van der Waals surface area contributed by atoms with Crippen molar-refractivity contribution in [1.82, 2.24) is 19.8 Å². The highest BCUT2D eigenvalue weighted by Gasteiger charge is 2.52. The third-order valence-corrected chi connectivity index (χ3v) is 15.8. The molecule has 6 aliphatic heterocycles. The molecule has 4 amide bonds. The van der Waals surface area contributed by atoms with Crippen LogP contribution in [0.1, 0.15) is 103 Å². The van der Waals surface area contributed by atoms with Crippen LogP contribution in [0.3, 0.4) is 0 Å². The first-order valence-electron chi connectivity index (χ1n) is 23.6. The minimum Gasteiger partial charge on any atom is -0.449 e.